The Hall–Kier alpha value is -1.72. The highest BCUT2D eigenvalue weighted by atomic mass is 19.3. The van der Waals surface area contributed by atoms with Crippen molar-refractivity contribution in [1.29, 1.82) is 0 Å². The summed E-state index contributed by atoms with van der Waals surface area (Å²) in [6, 6.07) is 6.28. The quantitative estimate of drug-likeness (QED) is 0.887. The van der Waals surface area contributed by atoms with E-state index in [2.05, 4.69) is 5.32 Å². The van der Waals surface area contributed by atoms with Crippen LogP contribution in [0.2, 0.25) is 0 Å². The van der Waals surface area contributed by atoms with Gasteiger partial charge in [-0.25, -0.2) is 18.0 Å². The number of amides is 2. The molecule has 0 spiro atoms. The molecule has 2 fully saturated rings. The van der Waals surface area contributed by atoms with Gasteiger partial charge in [-0.3, -0.25) is 0 Å². The largest absolute Gasteiger partial charge is 0.335 e. The molecule has 2 amide bonds. The predicted octanol–water partition coefficient (Wildman–Crippen LogP) is 3.98. The van der Waals surface area contributed by atoms with E-state index >= 15 is 0 Å². The lowest BCUT2D eigenvalue weighted by molar-refractivity contribution is -0.0471. The molecule has 2 aliphatic rings. The summed E-state index contributed by atoms with van der Waals surface area (Å²) < 4.78 is 39.4. The minimum Gasteiger partial charge on any atom is -0.335 e. The number of piperidine rings is 1. The number of carbonyl (C=O) groups is 1. The van der Waals surface area contributed by atoms with Gasteiger partial charge in [-0.2, -0.15) is 0 Å². The average molecular weight is 340 g/mol. The number of halogens is 3. The Morgan fingerprint density at radius 1 is 1.17 bits per heavy atom. The summed E-state index contributed by atoms with van der Waals surface area (Å²) in [4.78, 5) is 13.8. The fraction of sp³-hybridized carbons (Fsp3) is 0.611. The first-order chi connectivity index (χ1) is 11.4. The number of nitrogens with zero attached hydrogens (tertiary/aromatic N) is 1. The standard InChI is InChI=1S/C18H23F3N2O/c19-15-6-4-13(5-7-15)12-14-2-1-3-16(14)22-17(24)23-10-8-18(20,21)9-11-23/h4-7,14,16H,1-3,8-12H2,(H,22,24)/t14-,16-/m0/s1. The zero-order valence-electron chi connectivity index (χ0n) is 13.6. The molecule has 1 aliphatic carbocycles. The van der Waals surface area contributed by atoms with E-state index in [9.17, 15) is 18.0 Å². The molecule has 0 radical (unpaired) electrons. The van der Waals surface area contributed by atoms with Gasteiger partial charge in [-0.05, 0) is 42.9 Å². The number of likely N-dealkylation sites (tertiary alicyclic amines) is 1. The number of hydrogen-bond acceptors (Lipinski definition) is 1. The first kappa shape index (κ1) is 17.1. The lowest BCUT2D eigenvalue weighted by Crippen LogP contribution is -2.50. The second-order valence-electron chi connectivity index (χ2n) is 6.92. The van der Waals surface area contributed by atoms with Crippen LogP contribution in [0.15, 0.2) is 24.3 Å². The molecule has 0 aromatic heterocycles. The van der Waals surface area contributed by atoms with Gasteiger partial charge in [0.05, 0.1) is 0 Å². The first-order valence-corrected chi connectivity index (χ1v) is 8.61. The Kier molecular flexibility index (Phi) is 5.01. The molecule has 1 aromatic carbocycles. The second kappa shape index (κ2) is 7.03. The van der Waals surface area contributed by atoms with E-state index < -0.39 is 5.92 Å². The minimum absolute atomic E-state index is 0.0602. The Balaban J connectivity index is 1.54. The molecule has 0 bridgehead atoms. The van der Waals surface area contributed by atoms with Gasteiger partial charge in [0, 0.05) is 32.0 Å². The van der Waals surface area contributed by atoms with Crippen LogP contribution >= 0.6 is 0 Å². The highest BCUT2D eigenvalue weighted by Gasteiger charge is 2.37. The summed E-state index contributed by atoms with van der Waals surface area (Å²) in [7, 11) is 0. The van der Waals surface area contributed by atoms with Gasteiger partial charge in [0.15, 0.2) is 0 Å². The molecule has 1 N–H and O–H groups in total. The number of alkyl halides is 2. The maximum Gasteiger partial charge on any atom is 0.317 e. The number of hydrogen-bond donors (Lipinski definition) is 1. The van der Waals surface area contributed by atoms with E-state index in [1.54, 1.807) is 12.1 Å². The van der Waals surface area contributed by atoms with Crippen LogP contribution in [-0.4, -0.2) is 36.0 Å². The second-order valence-corrected chi connectivity index (χ2v) is 6.92. The van der Waals surface area contributed by atoms with E-state index in [0.717, 1.165) is 31.2 Å². The van der Waals surface area contributed by atoms with E-state index in [0.29, 0.717) is 5.92 Å². The number of nitrogens with one attached hydrogen (secondary N) is 1. The molecule has 2 atom stereocenters. The first-order valence-electron chi connectivity index (χ1n) is 8.61. The van der Waals surface area contributed by atoms with Crippen LogP contribution in [-0.2, 0) is 6.42 Å². The molecule has 0 unspecified atom stereocenters. The van der Waals surface area contributed by atoms with Gasteiger partial charge in [0.2, 0.25) is 0 Å². The van der Waals surface area contributed by atoms with Crippen molar-refractivity contribution >= 4 is 6.03 Å². The van der Waals surface area contributed by atoms with Gasteiger partial charge in [0.1, 0.15) is 5.82 Å². The predicted molar refractivity (Wildman–Crippen MR) is 85.5 cm³/mol. The summed E-state index contributed by atoms with van der Waals surface area (Å²) in [5.74, 6) is -2.59. The molecule has 3 rings (SSSR count). The Morgan fingerprint density at radius 3 is 2.50 bits per heavy atom. The molecule has 6 heteroatoms. The van der Waals surface area contributed by atoms with Gasteiger partial charge in [-0.15, -0.1) is 0 Å². The molecule has 1 saturated heterocycles. The average Bonchev–Trinajstić information content (AvgIpc) is 2.96. The van der Waals surface area contributed by atoms with Gasteiger partial charge < -0.3 is 10.2 Å². The lowest BCUT2D eigenvalue weighted by atomic mass is 9.94. The zero-order valence-corrected chi connectivity index (χ0v) is 13.6. The molecule has 1 aromatic rings. The Bertz CT molecular complexity index is 566. The molecule has 132 valence electrons. The summed E-state index contributed by atoms with van der Waals surface area (Å²) in [5, 5.41) is 3.03. The van der Waals surface area contributed by atoms with Crippen molar-refractivity contribution in [3.63, 3.8) is 0 Å². The highest BCUT2D eigenvalue weighted by molar-refractivity contribution is 5.74. The summed E-state index contributed by atoms with van der Waals surface area (Å²) in [6.45, 7) is 0.211. The smallest absolute Gasteiger partial charge is 0.317 e. The van der Waals surface area contributed by atoms with Crippen molar-refractivity contribution in [2.75, 3.05) is 13.1 Å². The van der Waals surface area contributed by atoms with Crippen LogP contribution in [0.5, 0.6) is 0 Å². The number of urea groups is 1. The van der Waals surface area contributed by atoms with Crippen LogP contribution in [0, 0.1) is 11.7 Å². The topological polar surface area (TPSA) is 32.3 Å². The van der Waals surface area contributed by atoms with E-state index in [-0.39, 0.29) is 43.8 Å². The van der Waals surface area contributed by atoms with Crippen LogP contribution in [0.4, 0.5) is 18.0 Å². The van der Waals surface area contributed by atoms with Crippen LogP contribution in [0.1, 0.15) is 37.7 Å². The van der Waals surface area contributed by atoms with Crippen molar-refractivity contribution in [3.8, 4) is 0 Å². The van der Waals surface area contributed by atoms with Gasteiger partial charge in [0.25, 0.3) is 5.92 Å². The van der Waals surface area contributed by atoms with E-state index in [4.69, 9.17) is 0 Å². The summed E-state index contributed by atoms with van der Waals surface area (Å²) in [5.41, 5.74) is 1.06. The van der Waals surface area contributed by atoms with Crippen molar-refractivity contribution in [2.45, 2.75) is 50.5 Å². The molecule has 1 heterocycles. The molecular weight excluding hydrogens is 317 g/mol. The third-order valence-corrected chi connectivity index (χ3v) is 5.16. The number of rotatable bonds is 3. The summed E-state index contributed by atoms with van der Waals surface area (Å²) in [6.07, 6.45) is 3.23. The Morgan fingerprint density at radius 2 is 1.83 bits per heavy atom. The Labute approximate surface area is 140 Å². The monoisotopic (exact) mass is 340 g/mol. The molecular formula is C18H23F3N2O. The molecule has 3 nitrogen and oxygen atoms in total. The van der Waals surface area contributed by atoms with E-state index in [1.807, 2.05) is 0 Å². The van der Waals surface area contributed by atoms with E-state index in [1.165, 1.54) is 17.0 Å². The molecule has 24 heavy (non-hydrogen) atoms. The number of carbonyl (C=O) groups excluding carboxylic acids is 1. The fourth-order valence-electron chi connectivity index (χ4n) is 3.68. The maximum atomic E-state index is 13.2. The highest BCUT2D eigenvalue weighted by Crippen LogP contribution is 2.30. The van der Waals surface area contributed by atoms with Gasteiger partial charge in [-0.1, -0.05) is 18.6 Å². The third-order valence-electron chi connectivity index (χ3n) is 5.16. The summed E-state index contributed by atoms with van der Waals surface area (Å²) >= 11 is 0. The van der Waals surface area contributed by atoms with Crippen molar-refractivity contribution in [2.24, 2.45) is 5.92 Å². The SMILES string of the molecule is O=C(N[C@H]1CCC[C@H]1Cc1ccc(F)cc1)N1CCC(F)(F)CC1. The van der Waals surface area contributed by atoms with Crippen LogP contribution in [0.25, 0.3) is 0 Å². The fourth-order valence-corrected chi connectivity index (χ4v) is 3.68. The van der Waals surface area contributed by atoms with Crippen molar-refractivity contribution in [1.82, 2.24) is 10.2 Å². The normalized spacial score (nSPS) is 26.4. The minimum atomic E-state index is -2.64. The maximum absolute atomic E-state index is 13.2. The molecule has 1 saturated carbocycles. The number of benzene rings is 1. The third kappa shape index (κ3) is 4.22. The van der Waals surface area contributed by atoms with Crippen LogP contribution in [0.3, 0.4) is 0 Å². The zero-order chi connectivity index (χ0) is 17.2. The molecule has 1 aliphatic heterocycles. The van der Waals surface area contributed by atoms with Crippen molar-refractivity contribution < 1.29 is 18.0 Å². The van der Waals surface area contributed by atoms with Crippen molar-refractivity contribution in [3.05, 3.63) is 35.6 Å². The van der Waals surface area contributed by atoms with Gasteiger partial charge >= 0.3 is 6.03 Å². The van der Waals surface area contributed by atoms with Crippen LogP contribution < -0.4 is 5.32 Å². The lowest BCUT2D eigenvalue weighted by Gasteiger charge is -2.33.